The van der Waals surface area contributed by atoms with Gasteiger partial charge in [0.15, 0.2) is 0 Å². The van der Waals surface area contributed by atoms with Crippen molar-refractivity contribution in [1.82, 2.24) is 4.90 Å². The summed E-state index contributed by atoms with van der Waals surface area (Å²) >= 11 is 0. The molecule has 2 unspecified atom stereocenters. The quantitative estimate of drug-likeness (QED) is 0.890. The van der Waals surface area contributed by atoms with Gasteiger partial charge in [-0.3, -0.25) is 4.79 Å². The number of ether oxygens (including phenoxy) is 2. The van der Waals surface area contributed by atoms with E-state index in [4.69, 9.17) is 14.6 Å². The molecule has 1 aromatic carbocycles. The number of halogens is 1. The zero-order valence-corrected chi connectivity index (χ0v) is 10.8. The first-order chi connectivity index (χ1) is 9.06. The lowest BCUT2D eigenvalue weighted by molar-refractivity contribution is -0.00461. The highest BCUT2D eigenvalue weighted by Crippen LogP contribution is 2.21. The average Bonchev–Trinajstić information content (AvgIpc) is 2.81. The Bertz CT molecular complexity index is 468. The fourth-order valence-electron chi connectivity index (χ4n) is 2.21. The molecule has 2 atom stereocenters. The molecule has 1 fully saturated rings. The Morgan fingerprint density at radius 3 is 2.37 bits per heavy atom. The lowest BCUT2D eigenvalue weighted by atomic mass is 10.2. The highest BCUT2D eigenvalue weighted by atomic mass is 19.1. The molecular weight excluding hydrogens is 253 g/mol. The van der Waals surface area contributed by atoms with Crippen LogP contribution in [0.4, 0.5) is 4.39 Å². The van der Waals surface area contributed by atoms with Gasteiger partial charge in [-0.15, -0.1) is 0 Å². The third kappa shape index (κ3) is 2.69. The van der Waals surface area contributed by atoms with E-state index >= 15 is 0 Å². The Hall–Kier alpha value is -1.66. The Balaban J connectivity index is 2.17. The monoisotopic (exact) mass is 269 g/mol. The first-order valence-electron chi connectivity index (χ1n) is 5.90. The molecule has 1 aliphatic rings. The molecular formula is C13H16FNO4. The molecule has 2 rings (SSSR count). The summed E-state index contributed by atoms with van der Waals surface area (Å²) in [5.74, 6) is -1.38. The van der Waals surface area contributed by atoms with E-state index in [2.05, 4.69) is 0 Å². The van der Waals surface area contributed by atoms with Crippen LogP contribution in [0.15, 0.2) is 18.2 Å². The molecule has 1 aromatic rings. The molecule has 0 aliphatic carbocycles. The Morgan fingerprint density at radius 2 is 1.89 bits per heavy atom. The number of phenolic OH excluding ortho intramolecular Hbond substituents is 1. The van der Waals surface area contributed by atoms with Gasteiger partial charge >= 0.3 is 0 Å². The number of likely N-dealkylation sites (tertiary alicyclic amines) is 1. The summed E-state index contributed by atoms with van der Waals surface area (Å²) in [5, 5.41) is 9.14. The van der Waals surface area contributed by atoms with Crippen LogP contribution < -0.4 is 0 Å². The van der Waals surface area contributed by atoms with Crippen LogP contribution in [-0.2, 0) is 9.47 Å². The maximum Gasteiger partial charge on any atom is 0.257 e. The van der Waals surface area contributed by atoms with Crippen molar-refractivity contribution in [2.24, 2.45) is 0 Å². The zero-order chi connectivity index (χ0) is 14.0. The van der Waals surface area contributed by atoms with Gasteiger partial charge < -0.3 is 19.5 Å². The number of carbonyl (C=O) groups excluding carboxylic acids is 1. The Kier molecular flexibility index (Phi) is 4.01. The molecule has 0 spiro atoms. The molecule has 0 radical (unpaired) electrons. The van der Waals surface area contributed by atoms with Gasteiger partial charge in [-0.1, -0.05) is 0 Å². The summed E-state index contributed by atoms with van der Waals surface area (Å²) in [6, 6.07) is 3.48. The van der Waals surface area contributed by atoms with Crippen molar-refractivity contribution in [2.45, 2.75) is 12.2 Å². The number of rotatable bonds is 3. The van der Waals surface area contributed by atoms with E-state index in [1.165, 1.54) is 17.0 Å². The van der Waals surface area contributed by atoms with Crippen LogP contribution in [0, 0.1) is 5.82 Å². The number of aromatic hydroxyl groups is 1. The molecule has 1 heterocycles. The minimum Gasteiger partial charge on any atom is -0.508 e. The molecule has 1 amide bonds. The largest absolute Gasteiger partial charge is 0.508 e. The molecule has 0 aromatic heterocycles. The number of hydrogen-bond acceptors (Lipinski definition) is 4. The van der Waals surface area contributed by atoms with Gasteiger partial charge in [-0.25, -0.2) is 4.39 Å². The van der Waals surface area contributed by atoms with Crippen molar-refractivity contribution in [3.8, 4) is 5.75 Å². The van der Waals surface area contributed by atoms with E-state index in [-0.39, 0.29) is 23.5 Å². The fraction of sp³-hybridized carbons (Fsp3) is 0.462. The van der Waals surface area contributed by atoms with Crippen LogP contribution in [0.3, 0.4) is 0 Å². The van der Waals surface area contributed by atoms with E-state index in [9.17, 15) is 9.18 Å². The number of amides is 1. The van der Waals surface area contributed by atoms with E-state index in [1.807, 2.05) is 0 Å². The molecule has 1 saturated heterocycles. The molecule has 0 saturated carbocycles. The van der Waals surface area contributed by atoms with E-state index in [0.29, 0.717) is 13.1 Å². The standard InChI is InChI=1S/C13H16FNO4/c1-18-11-6-15(7-12(11)19-2)13(17)9-4-3-8(16)5-10(9)14/h3-5,11-12,16H,6-7H2,1-2H3. The van der Waals surface area contributed by atoms with Crippen molar-refractivity contribution in [3.05, 3.63) is 29.6 Å². The molecule has 0 bridgehead atoms. The van der Waals surface area contributed by atoms with Gasteiger partial charge in [0, 0.05) is 33.4 Å². The number of carbonyl (C=O) groups is 1. The fourth-order valence-corrected chi connectivity index (χ4v) is 2.21. The highest BCUT2D eigenvalue weighted by molar-refractivity contribution is 5.94. The number of nitrogens with zero attached hydrogens (tertiary/aromatic N) is 1. The van der Waals surface area contributed by atoms with Crippen molar-refractivity contribution in [3.63, 3.8) is 0 Å². The van der Waals surface area contributed by atoms with Gasteiger partial charge in [0.1, 0.15) is 23.8 Å². The molecule has 104 valence electrons. The minimum atomic E-state index is -0.736. The predicted octanol–water partition coefficient (Wildman–Crippen LogP) is 1.02. The topological polar surface area (TPSA) is 59.0 Å². The van der Waals surface area contributed by atoms with Gasteiger partial charge in [-0.2, -0.15) is 0 Å². The maximum absolute atomic E-state index is 13.6. The number of hydrogen-bond donors (Lipinski definition) is 1. The van der Waals surface area contributed by atoms with Crippen LogP contribution in [-0.4, -0.2) is 55.4 Å². The average molecular weight is 269 g/mol. The van der Waals surface area contributed by atoms with Crippen LogP contribution in [0.5, 0.6) is 5.75 Å². The third-order valence-electron chi connectivity index (χ3n) is 3.29. The smallest absolute Gasteiger partial charge is 0.257 e. The number of methoxy groups -OCH3 is 2. The van der Waals surface area contributed by atoms with Crippen LogP contribution in [0.1, 0.15) is 10.4 Å². The first-order valence-corrected chi connectivity index (χ1v) is 5.90. The second-order valence-electron chi connectivity index (χ2n) is 4.42. The predicted molar refractivity (Wildman–Crippen MR) is 65.6 cm³/mol. The van der Waals surface area contributed by atoms with Crippen molar-refractivity contribution >= 4 is 5.91 Å². The van der Waals surface area contributed by atoms with E-state index in [1.54, 1.807) is 14.2 Å². The lowest BCUT2D eigenvalue weighted by Crippen LogP contribution is -2.30. The molecule has 6 heteroatoms. The van der Waals surface area contributed by atoms with Crippen molar-refractivity contribution in [1.29, 1.82) is 0 Å². The van der Waals surface area contributed by atoms with E-state index in [0.717, 1.165) is 6.07 Å². The van der Waals surface area contributed by atoms with Crippen molar-refractivity contribution < 1.29 is 23.8 Å². The Morgan fingerprint density at radius 1 is 1.32 bits per heavy atom. The number of benzene rings is 1. The van der Waals surface area contributed by atoms with Crippen molar-refractivity contribution in [2.75, 3.05) is 27.3 Å². The summed E-state index contributed by atoms with van der Waals surface area (Å²) in [7, 11) is 3.09. The van der Waals surface area contributed by atoms with Gasteiger partial charge in [0.25, 0.3) is 5.91 Å². The Labute approximate surface area is 110 Å². The first kappa shape index (κ1) is 13.8. The van der Waals surface area contributed by atoms with Crippen LogP contribution >= 0.6 is 0 Å². The summed E-state index contributed by atoms with van der Waals surface area (Å²) in [6.45, 7) is 0.711. The SMILES string of the molecule is COC1CN(C(=O)c2ccc(O)cc2F)CC1OC. The third-order valence-corrected chi connectivity index (χ3v) is 3.29. The van der Waals surface area contributed by atoms with E-state index < -0.39 is 11.7 Å². The van der Waals surface area contributed by atoms with Crippen LogP contribution in [0.25, 0.3) is 0 Å². The molecule has 5 nitrogen and oxygen atoms in total. The molecule has 1 N–H and O–H groups in total. The maximum atomic E-state index is 13.6. The molecule has 19 heavy (non-hydrogen) atoms. The normalized spacial score (nSPS) is 22.8. The minimum absolute atomic E-state index is 0.0654. The number of phenols is 1. The summed E-state index contributed by atoms with van der Waals surface area (Å²) < 4.78 is 24.1. The summed E-state index contributed by atoms with van der Waals surface area (Å²) in [4.78, 5) is 13.7. The second kappa shape index (κ2) is 5.54. The lowest BCUT2D eigenvalue weighted by Gasteiger charge is -2.16. The highest BCUT2D eigenvalue weighted by Gasteiger charge is 2.36. The summed E-state index contributed by atoms with van der Waals surface area (Å²) in [5.41, 5.74) is -0.0654. The van der Waals surface area contributed by atoms with Gasteiger partial charge in [0.2, 0.25) is 0 Å². The van der Waals surface area contributed by atoms with Gasteiger partial charge in [-0.05, 0) is 12.1 Å². The van der Waals surface area contributed by atoms with Crippen LogP contribution in [0.2, 0.25) is 0 Å². The summed E-state index contributed by atoms with van der Waals surface area (Å²) in [6.07, 6.45) is -0.428. The second-order valence-corrected chi connectivity index (χ2v) is 4.42. The molecule has 1 aliphatic heterocycles. The zero-order valence-electron chi connectivity index (χ0n) is 10.8. The van der Waals surface area contributed by atoms with Gasteiger partial charge in [0.05, 0.1) is 5.56 Å².